The third-order valence-corrected chi connectivity index (χ3v) is 3.51. The number of amides is 1. The molecule has 118 valence electrons. The molecule has 1 aromatic rings. The highest BCUT2D eigenvalue weighted by atomic mass is 19.1. The number of hydrogen-bond donors (Lipinski definition) is 2. The van der Waals surface area contributed by atoms with Crippen LogP contribution in [0.25, 0.3) is 0 Å². The van der Waals surface area contributed by atoms with Crippen molar-refractivity contribution in [2.45, 2.75) is 39.7 Å². The van der Waals surface area contributed by atoms with Gasteiger partial charge in [-0.15, -0.1) is 0 Å². The van der Waals surface area contributed by atoms with Crippen LogP contribution in [-0.2, 0) is 0 Å². The summed E-state index contributed by atoms with van der Waals surface area (Å²) >= 11 is 0. The lowest BCUT2D eigenvalue weighted by molar-refractivity contribution is 0.0937. The molecule has 1 aromatic heterocycles. The summed E-state index contributed by atoms with van der Waals surface area (Å²) in [6, 6.07) is 1.12. The molecule has 1 rings (SSSR count). The van der Waals surface area contributed by atoms with Gasteiger partial charge >= 0.3 is 0 Å². The van der Waals surface area contributed by atoms with Crippen LogP contribution in [0.5, 0.6) is 0 Å². The van der Waals surface area contributed by atoms with Crippen LogP contribution in [0.1, 0.15) is 44.0 Å². The van der Waals surface area contributed by atoms with Crippen molar-refractivity contribution in [1.82, 2.24) is 15.2 Å². The molecule has 0 bridgehead atoms. The van der Waals surface area contributed by atoms with Crippen LogP contribution in [0.3, 0.4) is 0 Å². The molecule has 1 atom stereocenters. The van der Waals surface area contributed by atoms with Gasteiger partial charge in [0, 0.05) is 6.04 Å². The molecule has 5 nitrogen and oxygen atoms in total. The predicted octanol–water partition coefficient (Wildman–Crippen LogP) is 2.04. The Balaban J connectivity index is 2.45. The van der Waals surface area contributed by atoms with E-state index in [0.717, 1.165) is 44.7 Å². The molecule has 0 aliphatic carbocycles. The third kappa shape index (κ3) is 5.67. The normalized spacial score (nSPS) is 12.4. The second kappa shape index (κ2) is 8.56. The predicted molar refractivity (Wildman–Crippen MR) is 82.6 cm³/mol. The molecule has 3 N–H and O–H groups in total. The standard InChI is InChI=1S/C15H25FN4O/c1-4-20(5-2)8-6-7-11(3)19-15(21)13-9-12(16)10-18-14(13)17/h9-11H,4-8H2,1-3H3,(H2,17,18)(H,19,21). The van der Waals surface area contributed by atoms with Crippen molar-refractivity contribution in [3.63, 3.8) is 0 Å². The van der Waals surface area contributed by atoms with Gasteiger partial charge in [-0.05, 0) is 45.5 Å². The minimum absolute atomic E-state index is 0.00993. The topological polar surface area (TPSA) is 71.2 Å². The highest BCUT2D eigenvalue weighted by molar-refractivity contribution is 5.98. The zero-order valence-electron chi connectivity index (χ0n) is 13.0. The Kier molecular flexibility index (Phi) is 7.08. The van der Waals surface area contributed by atoms with Crippen molar-refractivity contribution in [3.8, 4) is 0 Å². The molecule has 0 aromatic carbocycles. The lowest BCUT2D eigenvalue weighted by Gasteiger charge is -2.20. The van der Waals surface area contributed by atoms with E-state index < -0.39 is 5.82 Å². The molecule has 0 saturated heterocycles. The quantitative estimate of drug-likeness (QED) is 0.770. The van der Waals surface area contributed by atoms with Crippen molar-refractivity contribution in [3.05, 3.63) is 23.6 Å². The van der Waals surface area contributed by atoms with Gasteiger partial charge in [-0.2, -0.15) is 0 Å². The molecule has 21 heavy (non-hydrogen) atoms. The molecule has 1 heterocycles. The average Bonchev–Trinajstić information content (AvgIpc) is 2.46. The van der Waals surface area contributed by atoms with Gasteiger partial charge < -0.3 is 16.0 Å². The van der Waals surface area contributed by atoms with Gasteiger partial charge in [0.25, 0.3) is 5.91 Å². The van der Waals surface area contributed by atoms with E-state index in [-0.39, 0.29) is 23.3 Å². The van der Waals surface area contributed by atoms with E-state index in [4.69, 9.17) is 5.73 Å². The summed E-state index contributed by atoms with van der Waals surface area (Å²) in [4.78, 5) is 18.0. The second-order valence-corrected chi connectivity index (χ2v) is 5.13. The average molecular weight is 296 g/mol. The molecule has 0 spiro atoms. The monoisotopic (exact) mass is 296 g/mol. The number of rotatable bonds is 8. The van der Waals surface area contributed by atoms with Crippen LogP contribution in [-0.4, -0.2) is 41.5 Å². The van der Waals surface area contributed by atoms with E-state index in [0.29, 0.717) is 0 Å². The van der Waals surface area contributed by atoms with Gasteiger partial charge in [0.2, 0.25) is 0 Å². The zero-order chi connectivity index (χ0) is 15.8. The fraction of sp³-hybridized carbons (Fsp3) is 0.600. The van der Waals surface area contributed by atoms with Crippen LogP contribution in [0.2, 0.25) is 0 Å². The molecule has 0 aliphatic rings. The second-order valence-electron chi connectivity index (χ2n) is 5.13. The van der Waals surface area contributed by atoms with Crippen molar-refractivity contribution in [2.24, 2.45) is 0 Å². The summed E-state index contributed by atoms with van der Waals surface area (Å²) in [6.45, 7) is 9.27. The number of nitrogens with one attached hydrogen (secondary N) is 1. The molecule has 1 unspecified atom stereocenters. The van der Waals surface area contributed by atoms with Crippen molar-refractivity contribution in [1.29, 1.82) is 0 Å². The number of nitrogen functional groups attached to an aromatic ring is 1. The van der Waals surface area contributed by atoms with Gasteiger partial charge in [0.05, 0.1) is 11.8 Å². The van der Waals surface area contributed by atoms with E-state index in [1.807, 2.05) is 6.92 Å². The molecular formula is C15H25FN4O. The van der Waals surface area contributed by atoms with Crippen molar-refractivity contribution < 1.29 is 9.18 Å². The Hall–Kier alpha value is -1.69. The van der Waals surface area contributed by atoms with Crippen molar-refractivity contribution >= 4 is 11.7 Å². The van der Waals surface area contributed by atoms with Gasteiger partial charge in [0.1, 0.15) is 11.6 Å². The van der Waals surface area contributed by atoms with E-state index in [1.54, 1.807) is 0 Å². The zero-order valence-corrected chi connectivity index (χ0v) is 13.0. The molecule has 0 saturated carbocycles. The number of aromatic nitrogens is 1. The number of pyridine rings is 1. The highest BCUT2D eigenvalue weighted by Crippen LogP contribution is 2.10. The fourth-order valence-corrected chi connectivity index (χ4v) is 2.17. The molecule has 0 aliphatic heterocycles. The summed E-state index contributed by atoms with van der Waals surface area (Å²) in [5, 5.41) is 2.83. The number of carbonyl (C=O) groups excluding carboxylic acids is 1. The number of carbonyl (C=O) groups is 1. The van der Waals surface area contributed by atoms with Gasteiger partial charge in [-0.25, -0.2) is 9.37 Å². The molecule has 1 amide bonds. The maximum atomic E-state index is 13.1. The maximum absolute atomic E-state index is 13.1. The fourth-order valence-electron chi connectivity index (χ4n) is 2.17. The number of anilines is 1. The Bertz CT molecular complexity index is 463. The number of nitrogens with two attached hydrogens (primary N) is 1. The highest BCUT2D eigenvalue weighted by Gasteiger charge is 2.14. The molecule has 6 heteroatoms. The first-order chi connectivity index (χ1) is 9.97. The largest absolute Gasteiger partial charge is 0.383 e. The molecular weight excluding hydrogens is 271 g/mol. The Morgan fingerprint density at radius 2 is 2.14 bits per heavy atom. The summed E-state index contributed by atoms with van der Waals surface area (Å²) in [7, 11) is 0. The van der Waals surface area contributed by atoms with Crippen LogP contribution in [0, 0.1) is 5.82 Å². The SMILES string of the molecule is CCN(CC)CCCC(C)NC(=O)c1cc(F)cnc1N. The van der Waals surface area contributed by atoms with Crippen LogP contribution < -0.4 is 11.1 Å². The van der Waals surface area contributed by atoms with E-state index >= 15 is 0 Å². The van der Waals surface area contributed by atoms with E-state index in [1.165, 1.54) is 0 Å². The molecule has 0 radical (unpaired) electrons. The first-order valence-corrected chi connectivity index (χ1v) is 7.42. The van der Waals surface area contributed by atoms with Crippen LogP contribution in [0.4, 0.5) is 10.2 Å². The van der Waals surface area contributed by atoms with E-state index in [9.17, 15) is 9.18 Å². The summed E-state index contributed by atoms with van der Waals surface area (Å²) in [5.41, 5.74) is 5.69. The Morgan fingerprint density at radius 1 is 1.48 bits per heavy atom. The Labute approximate surface area is 125 Å². The third-order valence-electron chi connectivity index (χ3n) is 3.51. The maximum Gasteiger partial charge on any atom is 0.255 e. The first kappa shape index (κ1) is 17.4. The Morgan fingerprint density at radius 3 is 2.76 bits per heavy atom. The van der Waals surface area contributed by atoms with Crippen LogP contribution >= 0.6 is 0 Å². The summed E-state index contributed by atoms with van der Waals surface area (Å²) in [6.07, 6.45) is 2.87. The van der Waals surface area contributed by atoms with E-state index in [2.05, 4.69) is 29.0 Å². The summed E-state index contributed by atoms with van der Waals surface area (Å²) < 4.78 is 13.1. The lowest BCUT2D eigenvalue weighted by atomic mass is 10.1. The minimum Gasteiger partial charge on any atom is -0.383 e. The lowest BCUT2D eigenvalue weighted by Crippen LogP contribution is -2.34. The van der Waals surface area contributed by atoms with Gasteiger partial charge in [0.15, 0.2) is 0 Å². The number of nitrogens with zero attached hydrogens (tertiary/aromatic N) is 2. The first-order valence-electron chi connectivity index (χ1n) is 7.42. The van der Waals surface area contributed by atoms with Gasteiger partial charge in [-0.1, -0.05) is 13.8 Å². The number of halogens is 1. The van der Waals surface area contributed by atoms with Gasteiger partial charge in [-0.3, -0.25) is 4.79 Å². The summed E-state index contributed by atoms with van der Waals surface area (Å²) in [5.74, 6) is -0.900. The minimum atomic E-state index is -0.566. The van der Waals surface area contributed by atoms with Crippen LogP contribution in [0.15, 0.2) is 12.3 Å². The smallest absolute Gasteiger partial charge is 0.255 e. The molecule has 0 fully saturated rings. The van der Waals surface area contributed by atoms with Crippen molar-refractivity contribution in [2.75, 3.05) is 25.4 Å². The number of hydrogen-bond acceptors (Lipinski definition) is 4.